The Morgan fingerprint density at radius 1 is 1.21 bits per heavy atom. The lowest BCUT2D eigenvalue weighted by atomic mass is 9.91. The van der Waals surface area contributed by atoms with Gasteiger partial charge in [0, 0.05) is 12.0 Å². The Labute approximate surface area is 83.3 Å². The highest BCUT2D eigenvalue weighted by atomic mass is 19.1. The Morgan fingerprint density at radius 3 is 2.71 bits per heavy atom. The summed E-state index contributed by atoms with van der Waals surface area (Å²) >= 11 is 0. The van der Waals surface area contributed by atoms with E-state index in [-0.39, 0.29) is 5.82 Å². The Balaban J connectivity index is 1.93. The summed E-state index contributed by atoms with van der Waals surface area (Å²) < 4.78 is 13.5. The van der Waals surface area contributed by atoms with Gasteiger partial charge in [-0.05, 0) is 36.9 Å². The number of fused-ring (bicyclic) bond motifs is 2. The Bertz CT molecular complexity index is 350. The van der Waals surface area contributed by atoms with E-state index in [0.29, 0.717) is 12.0 Å². The fraction of sp³-hybridized carbons (Fsp3) is 0.500. The molecule has 0 amide bonds. The predicted molar refractivity (Wildman–Crippen MR) is 53.7 cm³/mol. The van der Waals surface area contributed by atoms with Crippen LogP contribution in [0.2, 0.25) is 0 Å². The third-order valence-corrected chi connectivity index (χ3v) is 3.63. The maximum Gasteiger partial charge on any atom is 0.126 e. The van der Waals surface area contributed by atoms with Gasteiger partial charge < -0.3 is 5.32 Å². The molecule has 3 atom stereocenters. The van der Waals surface area contributed by atoms with E-state index < -0.39 is 0 Å². The van der Waals surface area contributed by atoms with Crippen LogP contribution >= 0.6 is 0 Å². The normalized spacial score (nSPS) is 35.1. The minimum absolute atomic E-state index is 0.0353. The smallest absolute Gasteiger partial charge is 0.126 e. The molecule has 2 heteroatoms. The molecule has 0 aromatic heterocycles. The summed E-state index contributed by atoms with van der Waals surface area (Å²) in [4.78, 5) is 0. The monoisotopic (exact) mass is 191 g/mol. The van der Waals surface area contributed by atoms with Crippen molar-refractivity contribution in [1.82, 2.24) is 5.32 Å². The highest BCUT2D eigenvalue weighted by Crippen LogP contribution is 2.42. The van der Waals surface area contributed by atoms with Gasteiger partial charge in [0.2, 0.25) is 0 Å². The highest BCUT2D eigenvalue weighted by Gasteiger charge is 2.40. The molecule has 1 aromatic rings. The van der Waals surface area contributed by atoms with Crippen LogP contribution in [0.3, 0.4) is 0 Å². The number of benzene rings is 1. The maximum absolute atomic E-state index is 13.5. The summed E-state index contributed by atoms with van der Waals surface area (Å²) in [5.74, 6) is 1.16. The first kappa shape index (κ1) is 8.42. The zero-order valence-electron chi connectivity index (χ0n) is 8.04. The van der Waals surface area contributed by atoms with Gasteiger partial charge in [0.15, 0.2) is 0 Å². The number of hydrogen-bond acceptors (Lipinski definition) is 1. The second-order valence-corrected chi connectivity index (χ2v) is 4.48. The van der Waals surface area contributed by atoms with Crippen molar-refractivity contribution in [2.75, 3.05) is 6.54 Å². The highest BCUT2D eigenvalue weighted by molar-refractivity contribution is 5.26. The van der Waals surface area contributed by atoms with E-state index in [9.17, 15) is 4.39 Å². The first-order chi connectivity index (χ1) is 6.84. The second-order valence-electron chi connectivity index (χ2n) is 4.48. The molecule has 1 aromatic carbocycles. The van der Waals surface area contributed by atoms with Crippen LogP contribution < -0.4 is 5.32 Å². The number of halogens is 1. The topological polar surface area (TPSA) is 12.0 Å². The molecule has 0 spiro atoms. The van der Waals surface area contributed by atoms with Crippen LogP contribution in [0.25, 0.3) is 0 Å². The van der Waals surface area contributed by atoms with E-state index in [1.807, 2.05) is 12.1 Å². The standard InChI is InChI=1S/C12H14FN/c13-11-4-2-1-3-9(11)10-5-8-6-12(10)14-7-8/h1-4,8,10,12,14H,5-7H2/t8-,10?,12-/m0/s1. The second kappa shape index (κ2) is 3.06. The summed E-state index contributed by atoms with van der Waals surface area (Å²) in [6.45, 7) is 1.13. The molecule has 1 N–H and O–H groups in total. The van der Waals surface area contributed by atoms with E-state index in [2.05, 4.69) is 5.32 Å². The van der Waals surface area contributed by atoms with Gasteiger partial charge in [-0.1, -0.05) is 18.2 Å². The quantitative estimate of drug-likeness (QED) is 0.718. The fourth-order valence-corrected chi connectivity index (χ4v) is 2.97. The van der Waals surface area contributed by atoms with Gasteiger partial charge in [0.05, 0.1) is 0 Å². The number of rotatable bonds is 1. The lowest BCUT2D eigenvalue weighted by Gasteiger charge is -2.23. The maximum atomic E-state index is 13.5. The van der Waals surface area contributed by atoms with Crippen LogP contribution in [0.1, 0.15) is 24.3 Å². The van der Waals surface area contributed by atoms with Crippen molar-refractivity contribution in [2.45, 2.75) is 24.8 Å². The molecule has 3 rings (SSSR count). The molecule has 1 heterocycles. The minimum atomic E-state index is -0.0353. The molecule has 0 radical (unpaired) electrons. The van der Waals surface area contributed by atoms with E-state index in [4.69, 9.17) is 0 Å². The molecule has 2 aliphatic rings. The largest absolute Gasteiger partial charge is 0.313 e. The van der Waals surface area contributed by atoms with Crippen LogP contribution in [0.4, 0.5) is 4.39 Å². The molecule has 1 aliphatic carbocycles. The van der Waals surface area contributed by atoms with Crippen molar-refractivity contribution in [3.05, 3.63) is 35.6 Å². The summed E-state index contributed by atoms with van der Waals surface area (Å²) in [5.41, 5.74) is 0.909. The fourth-order valence-electron chi connectivity index (χ4n) is 2.97. The van der Waals surface area contributed by atoms with E-state index in [1.165, 1.54) is 12.8 Å². The van der Waals surface area contributed by atoms with Gasteiger partial charge in [0.1, 0.15) is 5.82 Å². The molecule has 1 nitrogen and oxygen atoms in total. The van der Waals surface area contributed by atoms with Crippen molar-refractivity contribution in [3.8, 4) is 0 Å². The van der Waals surface area contributed by atoms with Crippen LogP contribution in [-0.2, 0) is 0 Å². The van der Waals surface area contributed by atoms with Gasteiger partial charge in [-0.3, -0.25) is 0 Å². The van der Waals surface area contributed by atoms with Crippen LogP contribution in [0.15, 0.2) is 24.3 Å². The van der Waals surface area contributed by atoms with Crippen molar-refractivity contribution in [3.63, 3.8) is 0 Å². The summed E-state index contributed by atoms with van der Waals surface area (Å²) in [5, 5.41) is 3.47. The molecular formula is C12H14FN. The molecular weight excluding hydrogens is 177 g/mol. The SMILES string of the molecule is Fc1ccccc1C1C[C@@H]2CN[C@H]1C2. The van der Waals surface area contributed by atoms with Gasteiger partial charge >= 0.3 is 0 Å². The average Bonchev–Trinajstić information content (AvgIpc) is 2.79. The summed E-state index contributed by atoms with van der Waals surface area (Å²) in [6, 6.07) is 7.73. The molecule has 1 saturated heterocycles. The summed E-state index contributed by atoms with van der Waals surface area (Å²) in [7, 11) is 0. The number of piperidine rings is 1. The zero-order chi connectivity index (χ0) is 9.54. The van der Waals surface area contributed by atoms with Gasteiger partial charge in [0.25, 0.3) is 0 Å². The molecule has 14 heavy (non-hydrogen) atoms. The summed E-state index contributed by atoms with van der Waals surface area (Å²) in [6.07, 6.45) is 2.40. The van der Waals surface area contributed by atoms with Gasteiger partial charge in [-0.15, -0.1) is 0 Å². The number of nitrogens with one attached hydrogen (secondary N) is 1. The Kier molecular flexibility index (Phi) is 1.84. The first-order valence-electron chi connectivity index (χ1n) is 5.32. The zero-order valence-corrected chi connectivity index (χ0v) is 8.04. The molecule has 1 aliphatic heterocycles. The van der Waals surface area contributed by atoms with Gasteiger partial charge in [-0.2, -0.15) is 0 Å². The number of hydrogen-bond donors (Lipinski definition) is 1. The minimum Gasteiger partial charge on any atom is -0.313 e. The van der Waals surface area contributed by atoms with Crippen LogP contribution in [0, 0.1) is 11.7 Å². The van der Waals surface area contributed by atoms with E-state index in [1.54, 1.807) is 12.1 Å². The average molecular weight is 191 g/mol. The molecule has 74 valence electrons. The Morgan fingerprint density at radius 2 is 2.07 bits per heavy atom. The Hall–Kier alpha value is -0.890. The van der Waals surface area contributed by atoms with Crippen molar-refractivity contribution < 1.29 is 4.39 Å². The third kappa shape index (κ3) is 1.17. The van der Waals surface area contributed by atoms with Crippen LogP contribution in [0.5, 0.6) is 0 Å². The van der Waals surface area contributed by atoms with Gasteiger partial charge in [-0.25, -0.2) is 4.39 Å². The lowest BCUT2D eigenvalue weighted by molar-refractivity contribution is 0.435. The lowest BCUT2D eigenvalue weighted by Crippen LogP contribution is -2.31. The predicted octanol–water partition coefficient (Wildman–Crippen LogP) is 2.29. The van der Waals surface area contributed by atoms with E-state index in [0.717, 1.165) is 18.0 Å². The van der Waals surface area contributed by atoms with Crippen LogP contribution in [-0.4, -0.2) is 12.6 Å². The molecule has 2 fully saturated rings. The molecule has 1 unspecified atom stereocenters. The molecule has 2 bridgehead atoms. The first-order valence-corrected chi connectivity index (χ1v) is 5.32. The van der Waals surface area contributed by atoms with E-state index >= 15 is 0 Å². The van der Waals surface area contributed by atoms with Crippen molar-refractivity contribution in [1.29, 1.82) is 0 Å². The van der Waals surface area contributed by atoms with Crippen molar-refractivity contribution >= 4 is 0 Å². The molecule has 1 saturated carbocycles. The van der Waals surface area contributed by atoms with Crippen molar-refractivity contribution in [2.24, 2.45) is 5.92 Å². The third-order valence-electron chi connectivity index (χ3n) is 3.63.